The Kier molecular flexibility index (Phi) is 4.51. The molecule has 0 aromatic heterocycles. The number of rotatable bonds is 3. The fourth-order valence-electron chi connectivity index (χ4n) is 2.42. The summed E-state index contributed by atoms with van der Waals surface area (Å²) < 4.78 is 0. The molecule has 2 aromatic rings. The molecule has 0 fully saturated rings. The molecule has 0 aliphatic heterocycles. The van der Waals surface area contributed by atoms with Crippen LogP contribution in [0.1, 0.15) is 31.7 Å². The molecule has 3 rings (SSSR count). The number of hydrogen-bond acceptors (Lipinski definition) is 3. The van der Waals surface area contributed by atoms with Gasteiger partial charge in [0.1, 0.15) is 16.1 Å². The van der Waals surface area contributed by atoms with Crippen LogP contribution in [0.25, 0.3) is 0 Å². The van der Waals surface area contributed by atoms with Gasteiger partial charge in [-0.1, -0.05) is 66.2 Å². The number of allylic oxidation sites excluding steroid dienone is 2. The lowest BCUT2D eigenvalue weighted by atomic mass is 9.92. The van der Waals surface area contributed by atoms with Crippen molar-refractivity contribution >= 4 is 40.7 Å². The second kappa shape index (κ2) is 6.59. The zero-order valence-electron chi connectivity index (χ0n) is 12.3. The van der Waals surface area contributed by atoms with Crippen molar-refractivity contribution in [1.29, 1.82) is 0 Å². The summed E-state index contributed by atoms with van der Waals surface area (Å²) in [6, 6.07) is 15.0. The van der Waals surface area contributed by atoms with Crippen LogP contribution >= 0.6 is 23.2 Å². The van der Waals surface area contributed by atoms with Gasteiger partial charge in [-0.3, -0.25) is 14.4 Å². The summed E-state index contributed by atoms with van der Waals surface area (Å²) in [6.45, 7) is 0. The Morgan fingerprint density at radius 3 is 2.04 bits per heavy atom. The van der Waals surface area contributed by atoms with Gasteiger partial charge in [0, 0.05) is 11.1 Å². The number of carbonyl (C=O) groups is 3. The fraction of sp³-hybridized carbons (Fsp3) is 0.0556. The number of hydrogen-bond donors (Lipinski definition) is 1. The molecule has 0 radical (unpaired) electrons. The molecule has 2 aromatic carbocycles. The summed E-state index contributed by atoms with van der Waals surface area (Å²) in [6.07, 6.45) is 0. The predicted molar refractivity (Wildman–Crippen MR) is 91.2 cm³/mol. The van der Waals surface area contributed by atoms with Crippen molar-refractivity contribution in [2.45, 2.75) is 5.38 Å². The van der Waals surface area contributed by atoms with E-state index < -0.39 is 22.9 Å². The Morgan fingerprint density at radius 2 is 1.42 bits per heavy atom. The van der Waals surface area contributed by atoms with Crippen molar-refractivity contribution in [3.8, 4) is 0 Å². The molecular weight excluding hydrogens is 349 g/mol. The topological polar surface area (TPSA) is 63.2 Å². The van der Waals surface area contributed by atoms with Crippen molar-refractivity contribution in [2.75, 3.05) is 0 Å². The van der Waals surface area contributed by atoms with Crippen LogP contribution in [0.15, 0.2) is 65.3 Å². The smallest absolute Gasteiger partial charge is 0.247 e. The summed E-state index contributed by atoms with van der Waals surface area (Å²) in [5.41, 5.74) is 0.749. The Labute approximate surface area is 148 Å². The van der Waals surface area contributed by atoms with E-state index in [2.05, 4.69) is 5.32 Å². The molecular formula is C18H11Cl2NO3. The molecule has 1 atom stereocenters. The Hall–Kier alpha value is -2.43. The van der Waals surface area contributed by atoms with Crippen LogP contribution in [0, 0.1) is 0 Å². The number of benzene rings is 2. The fourth-order valence-corrected chi connectivity index (χ4v) is 2.85. The van der Waals surface area contributed by atoms with Crippen LogP contribution in [-0.4, -0.2) is 17.5 Å². The maximum absolute atomic E-state index is 12.5. The second-order valence-electron chi connectivity index (χ2n) is 5.16. The summed E-state index contributed by atoms with van der Waals surface area (Å²) in [5, 5.41) is 1.07. The number of Topliss-reactive ketones (excluding diaryl/α,β-unsaturated/α-hetero) is 2. The van der Waals surface area contributed by atoms with Crippen molar-refractivity contribution in [3.05, 3.63) is 82.0 Å². The number of alkyl halides is 1. The first-order valence-electron chi connectivity index (χ1n) is 7.08. The monoisotopic (exact) mass is 359 g/mol. The number of fused-ring (bicyclic) bond motifs is 1. The van der Waals surface area contributed by atoms with E-state index in [1.807, 2.05) is 0 Å². The maximum Gasteiger partial charge on any atom is 0.247 e. The normalized spacial score (nSPS) is 15.1. The van der Waals surface area contributed by atoms with Gasteiger partial charge >= 0.3 is 0 Å². The van der Waals surface area contributed by atoms with Crippen molar-refractivity contribution in [3.63, 3.8) is 0 Å². The van der Waals surface area contributed by atoms with Crippen LogP contribution in [0.3, 0.4) is 0 Å². The number of ketones is 2. The minimum Gasteiger partial charge on any atom is -0.320 e. The molecule has 1 amide bonds. The highest BCUT2D eigenvalue weighted by Crippen LogP contribution is 2.28. The summed E-state index contributed by atoms with van der Waals surface area (Å²) >= 11 is 12.1. The molecule has 0 spiro atoms. The minimum absolute atomic E-state index is 0.202. The van der Waals surface area contributed by atoms with Crippen molar-refractivity contribution in [2.24, 2.45) is 0 Å². The Morgan fingerprint density at radius 1 is 0.875 bits per heavy atom. The first kappa shape index (κ1) is 16.4. The molecule has 1 unspecified atom stereocenters. The van der Waals surface area contributed by atoms with Crippen LogP contribution in [0.5, 0.6) is 0 Å². The first-order valence-corrected chi connectivity index (χ1v) is 7.90. The van der Waals surface area contributed by atoms with E-state index in [0.717, 1.165) is 0 Å². The molecule has 1 aliphatic rings. The van der Waals surface area contributed by atoms with Crippen molar-refractivity contribution < 1.29 is 14.4 Å². The highest BCUT2D eigenvalue weighted by molar-refractivity contribution is 6.50. The SMILES string of the molecule is O=C1C(Cl)=C(NC(=O)C(Cl)c2ccccc2)C(=O)c2ccccc21. The van der Waals surface area contributed by atoms with Crippen LogP contribution < -0.4 is 5.32 Å². The van der Waals surface area contributed by atoms with Gasteiger partial charge in [0.15, 0.2) is 0 Å². The Balaban J connectivity index is 1.90. The van der Waals surface area contributed by atoms with Crippen LogP contribution in [0.2, 0.25) is 0 Å². The number of nitrogens with one attached hydrogen (secondary N) is 1. The summed E-state index contributed by atoms with van der Waals surface area (Å²) in [5.74, 6) is -1.65. The minimum atomic E-state index is -1.01. The number of halogens is 2. The summed E-state index contributed by atoms with van der Waals surface area (Å²) in [7, 11) is 0. The van der Waals surface area contributed by atoms with Gasteiger partial charge in [-0.05, 0) is 5.56 Å². The van der Waals surface area contributed by atoms with Gasteiger partial charge in [0.25, 0.3) is 0 Å². The third kappa shape index (κ3) is 2.86. The summed E-state index contributed by atoms with van der Waals surface area (Å²) in [4.78, 5) is 37.1. The van der Waals surface area contributed by atoms with Gasteiger partial charge in [-0.2, -0.15) is 0 Å². The number of amides is 1. The molecule has 1 aliphatic carbocycles. The zero-order valence-corrected chi connectivity index (χ0v) is 13.8. The maximum atomic E-state index is 12.5. The lowest BCUT2D eigenvalue weighted by Gasteiger charge is -2.19. The molecule has 0 heterocycles. The molecule has 4 nitrogen and oxygen atoms in total. The van der Waals surface area contributed by atoms with E-state index in [1.165, 1.54) is 12.1 Å². The molecule has 1 N–H and O–H groups in total. The quantitative estimate of drug-likeness (QED) is 0.851. The van der Waals surface area contributed by atoms with E-state index in [-0.39, 0.29) is 21.9 Å². The van der Waals surface area contributed by atoms with Gasteiger partial charge in [0.2, 0.25) is 17.5 Å². The van der Waals surface area contributed by atoms with Crippen LogP contribution in [0.4, 0.5) is 0 Å². The lowest BCUT2D eigenvalue weighted by Crippen LogP contribution is -2.34. The van der Waals surface area contributed by atoms with Gasteiger partial charge in [-0.15, -0.1) is 11.6 Å². The molecule has 120 valence electrons. The third-order valence-corrected chi connectivity index (χ3v) is 4.44. The van der Waals surface area contributed by atoms with Gasteiger partial charge < -0.3 is 5.32 Å². The predicted octanol–water partition coefficient (Wildman–Crippen LogP) is 3.61. The zero-order chi connectivity index (χ0) is 17.3. The molecule has 24 heavy (non-hydrogen) atoms. The largest absolute Gasteiger partial charge is 0.320 e. The molecule has 0 saturated heterocycles. The van der Waals surface area contributed by atoms with Crippen molar-refractivity contribution in [1.82, 2.24) is 5.32 Å². The van der Waals surface area contributed by atoms with E-state index in [0.29, 0.717) is 5.56 Å². The van der Waals surface area contributed by atoms with E-state index >= 15 is 0 Å². The van der Waals surface area contributed by atoms with E-state index in [1.54, 1.807) is 42.5 Å². The Bertz CT molecular complexity index is 875. The molecule has 0 bridgehead atoms. The van der Waals surface area contributed by atoms with E-state index in [4.69, 9.17) is 23.2 Å². The highest BCUT2D eigenvalue weighted by Gasteiger charge is 2.33. The van der Waals surface area contributed by atoms with Gasteiger partial charge in [-0.25, -0.2) is 0 Å². The molecule has 0 saturated carbocycles. The average molecular weight is 360 g/mol. The first-order chi connectivity index (χ1) is 11.5. The standard InChI is InChI=1S/C18H11Cl2NO3/c19-13(10-6-2-1-3-7-10)18(24)21-15-14(20)16(22)11-8-4-5-9-12(11)17(15)23/h1-9,13H,(H,21,24). The average Bonchev–Trinajstić information content (AvgIpc) is 2.63. The second-order valence-corrected chi connectivity index (χ2v) is 5.97. The van der Waals surface area contributed by atoms with Gasteiger partial charge in [0.05, 0.1) is 0 Å². The molecule has 6 heteroatoms. The number of carbonyl (C=O) groups excluding carboxylic acids is 3. The van der Waals surface area contributed by atoms with E-state index in [9.17, 15) is 14.4 Å². The lowest BCUT2D eigenvalue weighted by molar-refractivity contribution is -0.120. The van der Waals surface area contributed by atoms with Crippen LogP contribution in [-0.2, 0) is 4.79 Å². The highest BCUT2D eigenvalue weighted by atomic mass is 35.5. The third-order valence-electron chi connectivity index (χ3n) is 3.63.